The number of halogens is 2. The van der Waals surface area contributed by atoms with E-state index in [2.05, 4.69) is 55.3 Å². The Morgan fingerprint density at radius 1 is 1.15 bits per heavy atom. The standard InChI is InChI=1S/C24H39F2N3O3Si/c1-18-16-27(14-15-31-33(5,6)24(2,3)4)17-21-28(18)12-7-13-29(21)22(30)19-8-10-20(11-9-19)32-23(25)26/h8-11,18,21,23H,7,12-17H2,1-6H3. The molecule has 0 saturated carbocycles. The Balaban J connectivity index is 1.65. The van der Waals surface area contributed by atoms with Crippen molar-refractivity contribution in [3.8, 4) is 5.75 Å². The lowest BCUT2D eigenvalue weighted by molar-refractivity contribution is -0.0643. The number of carbonyl (C=O) groups is 1. The van der Waals surface area contributed by atoms with Gasteiger partial charge < -0.3 is 14.1 Å². The highest BCUT2D eigenvalue weighted by Crippen LogP contribution is 2.36. The number of ether oxygens (including phenoxy) is 1. The Labute approximate surface area is 197 Å². The Bertz CT molecular complexity index is 801. The lowest BCUT2D eigenvalue weighted by atomic mass is 10.0. The number of piperazine rings is 1. The van der Waals surface area contributed by atoms with Crippen LogP contribution in [0.15, 0.2) is 24.3 Å². The molecule has 2 saturated heterocycles. The van der Waals surface area contributed by atoms with Crippen molar-refractivity contribution in [1.82, 2.24) is 14.7 Å². The molecule has 0 bridgehead atoms. The fourth-order valence-electron chi connectivity index (χ4n) is 4.41. The smallest absolute Gasteiger partial charge is 0.387 e. The highest BCUT2D eigenvalue weighted by atomic mass is 28.4. The molecule has 33 heavy (non-hydrogen) atoms. The molecule has 2 heterocycles. The summed E-state index contributed by atoms with van der Waals surface area (Å²) in [7, 11) is -1.79. The molecule has 0 aliphatic carbocycles. The molecule has 2 aliphatic rings. The topological polar surface area (TPSA) is 45.3 Å². The molecule has 0 N–H and O–H groups in total. The van der Waals surface area contributed by atoms with E-state index in [1.165, 1.54) is 12.1 Å². The Morgan fingerprint density at radius 3 is 2.42 bits per heavy atom. The third-order valence-corrected chi connectivity index (χ3v) is 11.9. The molecule has 0 radical (unpaired) electrons. The van der Waals surface area contributed by atoms with Crippen LogP contribution in [0, 0.1) is 0 Å². The van der Waals surface area contributed by atoms with Crippen LogP contribution in [-0.2, 0) is 4.43 Å². The third-order valence-electron chi connectivity index (χ3n) is 7.33. The van der Waals surface area contributed by atoms with Gasteiger partial charge in [-0.3, -0.25) is 14.6 Å². The summed E-state index contributed by atoms with van der Waals surface area (Å²) in [6, 6.07) is 6.32. The lowest BCUT2D eigenvalue weighted by Gasteiger charge is -2.52. The van der Waals surface area contributed by atoms with Gasteiger partial charge in [0.05, 0.1) is 6.17 Å². The predicted molar refractivity (Wildman–Crippen MR) is 128 cm³/mol. The van der Waals surface area contributed by atoms with Gasteiger partial charge in [-0.25, -0.2) is 0 Å². The first-order valence-corrected chi connectivity index (χ1v) is 14.8. The molecule has 2 atom stereocenters. The normalized spacial score (nSPS) is 23.0. The number of benzene rings is 1. The summed E-state index contributed by atoms with van der Waals surface area (Å²) >= 11 is 0. The average Bonchev–Trinajstić information content (AvgIpc) is 2.72. The third kappa shape index (κ3) is 6.32. The summed E-state index contributed by atoms with van der Waals surface area (Å²) in [6.45, 7) is 15.6. The van der Waals surface area contributed by atoms with Crippen LogP contribution in [0.4, 0.5) is 8.78 Å². The number of hydrogen-bond acceptors (Lipinski definition) is 5. The summed E-state index contributed by atoms with van der Waals surface area (Å²) in [5, 5.41) is 0.182. The van der Waals surface area contributed by atoms with Gasteiger partial charge in [0.2, 0.25) is 0 Å². The van der Waals surface area contributed by atoms with Gasteiger partial charge in [-0.1, -0.05) is 20.8 Å². The van der Waals surface area contributed by atoms with Gasteiger partial charge in [-0.05, 0) is 55.7 Å². The minimum absolute atomic E-state index is 0.000128. The number of rotatable bonds is 7. The van der Waals surface area contributed by atoms with Gasteiger partial charge in [-0.15, -0.1) is 0 Å². The van der Waals surface area contributed by atoms with Crippen molar-refractivity contribution in [3.05, 3.63) is 29.8 Å². The number of hydrogen-bond donors (Lipinski definition) is 0. The molecule has 1 aromatic carbocycles. The van der Waals surface area contributed by atoms with E-state index < -0.39 is 14.9 Å². The zero-order valence-corrected chi connectivity index (χ0v) is 21.8. The Kier molecular flexibility index (Phi) is 8.19. The lowest BCUT2D eigenvalue weighted by Crippen LogP contribution is -2.67. The SMILES string of the molecule is CC1CN(CCO[Si](C)(C)C(C)(C)C)CC2N(C(=O)c3ccc(OC(F)F)cc3)CCCN12. The minimum Gasteiger partial charge on any atom is -0.435 e. The van der Waals surface area contributed by atoms with Crippen molar-refractivity contribution in [3.63, 3.8) is 0 Å². The molecule has 9 heteroatoms. The van der Waals surface area contributed by atoms with E-state index in [4.69, 9.17) is 4.43 Å². The van der Waals surface area contributed by atoms with Crippen molar-refractivity contribution in [2.24, 2.45) is 0 Å². The van der Waals surface area contributed by atoms with Gasteiger partial charge in [0, 0.05) is 50.9 Å². The van der Waals surface area contributed by atoms with Crippen LogP contribution < -0.4 is 4.74 Å². The zero-order valence-electron chi connectivity index (χ0n) is 20.8. The van der Waals surface area contributed by atoms with E-state index in [0.717, 1.165) is 32.6 Å². The fourth-order valence-corrected chi connectivity index (χ4v) is 5.45. The Morgan fingerprint density at radius 2 is 1.82 bits per heavy atom. The van der Waals surface area contributed by atoms with Crippen LogP contribution in [0.25, 0.3) is 0 Å². The van der Waals surface area contributed by atoms with E-state index in [-0.39, 0.29) is 22.9 Å². The largest absolute Gasteiger partial charge is 0.435 e. The van der Waals surface area contributed by atoms with Gasteiger partial charge >= 0.3 is 6.61 Å². The van der Waals surface area contributed by atoms with Crippen molar-refractivity contribution in [2.45, 2.75) is 71.1 Å². The van der Waals surface area contributed by atoms with Crippen molar-refractivity contribution in [1.29, 1.82) is 0 Å². The van der Waals surface area contributed by atoms with E-state index >= 15 is 0 Å². The monoisotopic (exact) mass is 483 g/mol. The molecule has 186 valence electrons. The van der Waals surface area contributed by atoms with Crippen molar-refractivity contribution < 1.29 is 22.7 Å². The molecule has 0 aromatic heterocycles. The fraction of sp³-hybridized carbons (Fsp3) is 0.708. The first-order chi connectivity index (χ1) is 15.4. The van der Waals surface area contributed by atoms with Crippen LogP contribution in [-0.4, -0.2) is 87.1 Å². The average molecular weight is 484 g/mol. The van der Waals surface area contributed by atoms with E-state index in [9.17, 15) is 13.6 Å². The number of alkyl halides is 2. The molecular weight excluding hydrogens is 444 g/mol. The van der Waals surface area contributed by atoms with E-state index in [1.54, 1.807) is 12.1 Å². The molecule has 2 fully saturated rings. The molecular formula is C24H39F2N3O3Si. The quantitative estimate of drug-likeness (QED) is 0.535. The number of amides is 1. The molecule has 2 unspecified atom stereocenters. The highest BCUT2D eigenvalue weighted by molar-refractivity contribution is 6.74. The first kappa shape index (κ1) is 26.1. The zero-order chi connectivity index (χ0) is 24.4. The van der Waals surface area contributed by atoms with Gasteiger partial charge in [0.15, 0.2) is 8.32 Å². The maximum atomic E-state index is 13.3. The maximum absolute atomic E-state index is 13.3. The van der Waals surface area contributed by atoms with Gasteiger partial charge in [0.25, 0.3) is 5.91 Å². The van der Waals surface area contributed by atoms with Crippen LogP contribution in [0.3, 0.4) is 0 Å². The second kappa shape index (κ2) is 10.4. The van der Waals surface area contributed by atoms with E-state index in [0.29, 0.717) is 24.8 Å². The van der Waals surface area contributed by atoms with Crippen molar-refractivity contribution >= 4 is 14.2 Å². The molecule has 0 spiro atoms. The van der Waals surface area contributed by atoms with Gasteiger partial charge in [-0.2, -0.15) is 8.78 Å². The highest BCUT2D eigenvalue weighted by Gasteiger charge is 2.41. The number of nitrogens with zero attached hydrogens (tertiary/aromatic N) is 3. The molecule has 1 aromatic rings. The second-order valence-corrected chi connectivity index (χ2v) is 15.5. The van der Waals surface area contributed by atoms with Crippen LogP contribution in [0.1, 0.15) is 44.5 Å². The summed E-state index contributed by atoms with van der Waals surface area (Å²) in [5.74, 6) is -0.0131. The summed E-state index contributed by atoms with van der Waals surface area (Å²) in [6.07, 6.45) is 0.924. The summed E-state index contributed by atoms with van der Waals surface area (Å²) in [4.78, 5) is 20.1. The predicted octanol–water partition coefficient (Wildman–Crippen LogP) is 4.49. The summed E-state index contributed by atoms with van der Waals surface area (Å²) < 4.78 is 35.7. The number of fused-ring (bicyclic) bond motifs is 1. The number of carbonyl (C=O) groups excluding carboxylic acids is 1. The van der Waals surface area contributed by atoms with Crippen LogP contribution in [0.2, 0.25) is 18.1 Å². The maximum Gasteiger partial charge on any atom is 0.387 e. The Hall–Kier alpha value is -1.55. The second-order valence-electron chi connectivity index (χ2n) is 10.7. The molecule has 6 nitrogen and oxygen atoms in total. The van der Waals surface area contributed by atoms with E-state index in [1.807, 2.05) is 4.90 Å². The van der Waals surface area contributed by atoms with Crippen LogP contribution >= 0.6 is 0 Å². The van der Waals surface area contributed by atoms with Crippen LogP contribution in [0.5, 0.6) is 5.75 Å². The molecule has 3 rings (SSSR count). The molecule has 2 aliphatic heterocycles. The first-order valence-electron chi connectivity index (χ1n) is 11.9. The molecule has 1 amide bonds. The van der Waals surface area contributed by atoms with Gasteiger partial charge in [0.1, 0.15) is 5.75 Å². The summed E-state index contributed by atoms with van der Waals surface area (Å²) in [5.41, 5.74) is 0.490. The minimum atomic E-state index is -2.88. The van der Waals surface area contributed by atoms with Crippen molar-refractivity contribution in [2.75, 3.05) is 39.3 Å².